The number of hydrogen-bond donors (Lipinski definition) is 1. The Morgan fingerprint density at radius 3 is 1.57 bits per heavy atom. The van der Waals surface area contributed by atoms with Crippen molar-refractivity contribution < 1.29 is 34.0 Å². The summed E-state index contributed by atoms with van der Waals surface area (Å²) in [5.41, 5.74) is 0. The number of guanidine groups is 1. The van der Waals surface area contributed by atoms with Crippen LogP contribution < -0.4 is 30.1 Å². The molecule has 0 aromatic rings. The lowest BCUT2D eigenvalue weighted by molar-refractivity contribution is -0.476. The lowest BCUT2D eigenvalue weighted by Crippen LogP contribution is -3.00. The molecule has 0 aliphatic carbocycles. The summed E-state index contributed by atoms with van der Waals surface area (Å²) in [6, 6.07) is 0. The Morgan fingerprint density at radius 1 is 0.750 bits per heavy atom. The third-order valence-electron chi connectivity index (χ3n) is 4.50. The molecule has 0 fully saturated rings. The molecule has 6 nitrogen and oxygen atoms in total. The standard InChI is InChI=1S/C20H46N6.2ClH/c1-10-12-14-25(19(18-21-3)22(4)5)16-17-26(15-13-11-2)20(23(6)7)24(8)9;;/h21H,10-18H2,1-9H3;2*1H/q+2;;/p-2. The molecule has 0 aliphatic rings. The maximum atomic E-state index is 3.33. The molecule has 0 saturated carbocycles. The third kappa shape index (κ3) is 12.0. The average molecular weight is 442 g/mol. The zero-order valence-electron chi connectivity index (χ0n) is 19.9. The molecule has 28 heavy (non-hydrogen) atoms. The quantitative estimate of drug-likeness (QED) is 0.198. The molecule has 0 aromatic heterocycles. The molecule has 0 amide bonds. The molecule has 0 radical (unpaired) electrons. The van der Waals surface area contributed by atoms with E-state index in [0.717, 1.165) is 32.7 Å². The summed E-state index contributed by atoms with van der Waals surface area (Å²) in [7, 11) is 14.9. The van der Waals surface area contributed by atoms with Crippen molar-refractivity contribution in [1.29, 1.82) is 0 Å². The number of unbranched alkanes of at least 4 members (excludes halogenated alkanes) is 2. The molecule has 0 atom stereocenters. The van der Waals surface area contributed by atoms with E-state index in [1.807, 2.05) is 7.05 Å². The van der Waals surface area contributed by atoms with Crippen LogP contribution in [0.25, 0.3) is 0 Å². The van der Waals surface area contributed by atoms with Crippen LogP contribution in [0.4, 0.5) is 0 Å². The summed E-state index contributed by atoms with van der Waals surface area (Å²) in [5, 5.41) is 3.33. The Balaban J connectivity index is -0.00000312. The largest absolute Gasteiger partial charge is 1.00 e. The van der Waals surface area contributed by atoms with Gasteiger partial charge in [0.2, 0.25) is 0 Å². The highest BCUT2D eigenvalue weighted by Crippen LogP contribution is 2.03. The summed E-state index contributed by atoms with van der Waals surface area (Å²) in [6.07, 6.45) is 4.90. The molecule has 0 spiro atoms. The number of hydrogen-bond acceptors (Lipinski definition) is 1. The summed E-state index contributed by atoms with van der Waals surface area (Å²) in [5.74, 6) is 2.65. The second-order valence-corrected chi connectivity index (χ2v) is 7.61. The first-order valence-corrected chi connectivity index (χ1v) is 10.2. The topological polar surface area (TPSA) is 27.8 Å². The van der Waals surface area contributed by atoms with Crippen LogP contribution in [0.1, 0.15) is 39.5 Å². The lowest BCUT2D eigenvalue weighted by Gasteiger charge is -2.27. The molecular weight excluding hydrogens is 395 g/mol. The van der Waals surface area contributed by atoms with Crippen LogP contribution in [0, 0.1) is 0 Å². The Labute approximate surface area is 187 Å². The van der Waals surface area contributed by atoms with Gasteiger partial charge < -0.3 is 30.1 Å². The van der Waals surface area contributed by atoms with E-state index in [1.54, 1.807) is 0 Å². The maximum Gasteiger partial charge on any atom is 0.349 e. The van der Waals surface area contributed by atoms with Crippen LogP contribution >= 0.6 is 0 Å². The van der Waals surface area contributed by atoms with Gasteiger partial charge in [0.15, 0.2) is 0 Å². The van der Waals surface area contributed by atoms with Crippen molar-refractivity contribution in [1.82, 2.24) is 20.0 Å². The molecule has 0 aliphatic heterocycles. The highest BCUT2D eigenvalue weighted by atomic mass is 35.5. The normalized spacial score (nSPS) is 9.75. The first-order valence-electron chi connectivity index (χ1n) is 10.2. The zero-order chi connectivity index (χ0) is 20.1. The van der Waals surface area contributed by atoms with Crippen molar-refractivity contribution in [3.63, 3.8) is 0 Å². The van der Waals surface area contributed by atoms with Crippen molar-refractivity contribution >= 4 is 11.8 Å². The lowest BCUT2D eigenvalue weighted by atomic mass is 10.2. The van der Waals surface area contributed by atoms with Gasteiger partial charge in [-0.1, -0.05) is 26.7 Å². The summed E-state index contributed by atoms with van der Waals surface area (Å²) in [6.45, 7) is 9.74. The molecule has 8 heteroatoms. The molecule has 0 aromatic carbocycles. The summed E-state index contributed by atoms with van der Waals surface area (Å²) >= 11 is 0. The van der Waals surface area contributed by atoms with Crippen LogP contribution in [0.5, 0.6) is 0 Å². The fraction of sp³-hybridized carbons (Fsp3) is 0.900. The Bertz CT molecular complexity index is 444. The minimum atomic E-state index is 0. The van der Waals surface area contributed by atoms with E-state index in [9.17, 15) is 0 Å². The third-order valence-corrected chi connectivity index (χ3v) is 4.50. The van der Waals surface area contributed by atoms with Crippen molar-refractivity contribution in [3.8, 4) is 0 Å². The molecule has 0 bridgehead atoms. The SMILES string of the molecule is CCCCN(CCN(CCCC)C(N(C)C)=[N+](C)C)C(CNC)=[N+](C)C.[Cl-].[Cl-]. The van der Waals surface area contributed by atoms with Crippen LogP contribution in [-0.2, 0) is 0 Å². The van der Waals surface area contributed by atoms with E-state index in [2.05, 4.69) is 85.3 Å². The van der Waals surface area contributed by atoms with E-state index in [4.69, 9.17) is 0 Å². The van der Waals surface area contributed by atoms with Gasteiger partial charge in [-0.25, -0.2) is 0 Å². The Morgan fingerprint density at radius 2 is 1.21 bits per heavy atom. The van der Waals surface area contributed by atoms with E-state index in [0.29, 0.717) is 0 Å². The number of rotatable bonds is 11. The minimum Gasteiger partial charge on any atom is -1.00 e. The van der Waals surface area contributed by atoms with E-state index in [-0.39, 0.29) is 24.8 Å². The molecule has 1 N–H and O–H groups in total. The second-order valence-electron chi connectivity index (χ2n) is 7.61. The minimum absolute atomic E-state index is 0. The predicted molar refractivity (Wildman–Crippen MR) is 115 cm³/mol. The van der Waals surface area contributed by atoms with Gasteiger partial charge in [0.05, 0.1) is 61.9 Å². The van der Waals surface area contributed by atoms with Gasteiger partial charge in [0, 0.05) is 0 Å². The number of nitrogens with one attached hydrogen (secondary N) is 1. The van der Waals surface area contributed by atoms with Crippen molar-refractivity contribution in [3.05, 3.63) is 0 Å². The van der Waals surface area contributed by atoms with Gasteiger partial charge in [0.25, 0.3) is 5.84 Å². The van der Waals surface area contributed by atoms with Crippen LogP contribution in [0.15, 0.2) is 0 Å². The van der Waals surface area contributed by atoms with E-state index in [1.165, 1.54) is 37.5 Å². The monoisotopic (exact) mass is 440 g/mol. The summed E-state index contributed by atoms with van der Waals surface area (Å²) in [4.78, 5) is 7.33. The highest BCUT2D eigenvalue weighted by molar-refractivity contribution is 5.79. The van der Waals surface area contributed by atoms with Gasteiger partial charge >= 0.3 is 5.96 Å². The summed E-state index contributed by atoms with van der Waals surface area (Å²) < 4.78 is 4.49. The number of amidine groups is 1. The van der Waals surface area contributed by atoms with Gasteiger partial charge in [-0.2, -0.15) is 0 Å². The van der Waals surface area contributed by atoms with Gasteiger partial charge in [-0.3, -0.25) is 23.9 Å². The maximum absolute atomic E-state index is 3.33. The predicted octanol–water partition coefficient (Wildman–Crippen LogP) is -4.72. The number of nitrogens with zero attached hydrogens (tertiary/aromatic N) is 5. The van der Waals surface area contributed by atoms with E-state index >= 15 is 0 Å². The molecule has 0 rings (SSSR count). The Kier molecular flexibility index (Phi) is 20.9. The molecule has 0 heterocycles. The van der Waals surface area contributed by atoms with Crippen LogP contribution in [0.2, 0.25) is 0 Å². The van der Waals surface area contributed by atoms with Crippen molar-refractivity contribution in [2.24, 2.45) is 0 Å². The molecule has 0 unspecified atom stereocenters. The van der Waals surface area contributed by atoms with Crippen LogP contribution in [-0.4, -0.2) is 118 Å². The second kappa shape index (κ2) is 18.3. The van der Waals surface area contributed by atoms with E-state index < -0.39 is 0 Å². The molecule has 170 valence electrons. The number of likely N-dealkylation sites (N-methyl/N-ethyl adjacent to an activating group) is 1. The molecule has 0 saturated heterocycles. The van der Waals surface area contributed by atoms with Gasteiger partial charge in [-0.15, -0.1) is 0 Å². The Hall–Kier alpha value is -0.720. The first-order chi connectivity index (χ1) is 12.3. The smallest absolute Gasteiger partial charge is 0.349 e. The first kappa shape index (κ1) is 32.0. The average Bonchev–Trinajstić information content (AvgIpc) is 2.56. The number of halogens is 2. The van der Waals surface area contributed by atoms with Crippen molar-refractivity contribution in [2.75, 3.05) is 82.1 Å². The fourth-order valence-corrected chi connectivity index (χ4v) is 3.30. The highest BCUT2D eigenvalue weighted by Gasteiger charge is 2.26. The molecular formula is C20H46Cl2N6. The fourth-order valence-electron chi connectivity index (χ4n) is 3.30. The van der Waals surface area contributed by atoms with Crippen molar-refractivity contribution in [2.45, 2.75) is 39.5 Å². The van der Waals surface area contributed by atoms with Crippen LogP contribution in [0.3, 0.4) is 0 Å². The zero-order valence-corrected chi connectivity index (χ0v) is 21.4. The van der Waals surface area contributed by atoms with Gasteiger partial charge in [-0.05, 0) is 19.9 Å². The van der Waals surface area contributed by atoms with Gasteiger partial charge in [0.1, 0.15) is 13.1 Å².